The Morgan fingerprint density at radius 3 is 0.849 bits per heavy atom. The molecule has 15 aromatic carbocycles. The van der Waals surface area contributed by atoms with Crippen molar-refractivity contribution in [2.24, 2.45) is 0 Å². The molecule has 0 amide bonds. The molecule has 0 bridgehead atoms. The third-order valence-electron chi connectivity index (χ3n) is 21.2. The van der Waals surface area contributed by atoms with Gasteiger partial charge in [-0.3, -0.25) is 0 Å². The number of nitrogens with zero attached hydrogens (tertiary/aromatic N) is 5. The van der Waals surface area contributed by atoms with E-state index < -0.39 is 43.4 Å². The number of fused-ring (bicyclic) bond motifs is 12. The number of halogens is 4. The van der Waals surface area contributed by atoms with Crippen LogP contribution in [-0.4, -0.2) is 20.1 Å². The molecule has 6 heterocycles. The summed E-state index contributed by atoms with van der Waals surface area (Å²) < 4.78 is 101. The van der Waals surface area contributed by atoms with Crippen LogP contribution in [0.3, 0.4) is 0 Å². The van der Waals surface area contributed by atoms with Gasteiger partial charge < -0.3 is 43.4 Å². The largest absolute Gasteiger partial charge is 0.458 e. The minimum Gasteiger partial charge on any atom is -0.458 e. The van der Waals surface area contributed by atoms with Crippen LogP contribution in [0, 0.1) is 23.3 Å². The topological polar surface area (TPSA) is 53.1 Å². The molecule has 0 aromatic heterocycles. The van der Waals surface area contributed by atoms with Crippen molar-refractivity contribution in [2.75, 3.05) is 24.5 Å². The van der Waals surface area contributed by atoms with Crippen molar-refractivity contribution in [1.82, 2.24) is 0 Å². The highest BCUT2D eigenvalue weighted by molar-refractivity contribution is 7.03. The van der Waals surface area contributed by atoms with E-state index in [2.05, 4.69) is 69.3 Å². The molecule has 0 saturated carbocycles. The molecule has 500 valence electrons. The van der Waals surface area contributed by atoms with Crippen molar-refractivity contribution in [3.63, 3.8) is 0 Å². The zero-order chi connectivity index (χ0) is 70.4. The number of anilines is 15. The van der Waals surface area contributed by atoms with Gasteiger partial charge in [0.15, 0.2) is 0 Å². The average Bonchev–Trinajstić information content (AvgIpc) is 0.685. The summed E-state index contributed by atoms with van der Waals surface area (Å²) in [7, 11) is 0. The van der Waals surface area contributed by atoms with Crippen molar-refractivity contribution in [2.45, 2.75) is 0 Å². The molecule has 6 aliphatic heterocycles. The lowest BCUT2D eigenvalue weighted by molar-refractivity contribution is 0.456. The second-order valence-corrected chi connectivity index (χ2v) is 27.1. The predicted octanol–water partition coefficient (Wildman–Crippen LogP) is 18.2. The Balaban J connectivity index is 0.853. The predicted molar refractivity (Wildman–Crippen MR) is 420 cm³/mol. The molecule has 0 saturated heterocycles. The van der Waals surface area contributed by atoms with Gasteiger partial charge in [-0.1, -0.05) is 170 Å². The molecule has 6 aliphatic rings. The average molecular weight is 1380 g/mol. The monoisotopic (exact) mass is 1380 g/mol. The van der Waals surface area contributed by atoms with Gasteiger partial charge in [0.2, 0.25) is 0 Å². The maximum Gasteiger partial charge on any atom is 0.260 e. The molecule has 16 heteroatoms. The molecule has 0 radical (unpaired) electrons. The van der Waals surface area contributed by atoms with Crippen LogP contribution < -0.4 is 92.6 Å². The summed E-state index contributed by atoms with van der Waals surface area (Å²) in [6.45, 7) is -1.86. The summed E-state index contributed by atoms with van der Waals surface area (Å²) in [5.74, 6) is 1.01. The van der Waals surface area contributed by atoms with Crippen molar-refractivity contribution in [3.05, 3.63) is 351 Å². The first kappa shape index (κ1) is 61.1. The Morgan fingerprint density at radius 1 is 0.208 bits per heavy atom. The molecule has 106 heavy (non-hydrogen) atoms. The van der Waals surface area contributed by atoms with Crippen molar-refractivity contribution in [1.29, 1.82) is 0 Å². The molecule has 21 rings (SSSR count). The minimum absolute atomic E-state index is 0.339. The first-order valence-electron chi connectivity index (χ1n) is 35.2. The summed E-state index contributed by atoms with van der Waals surface area (Å²) in [6, 6.07) is 104. The third-order valence-corrected chi connectivity index (χ3v) is 21.2. The first-order valence-corrected chi connectivity index (χ1v) is 35.2. The second-order valence-electron chi connectivity index (χ2n) is 27.1. The van der Waals surface area contributed by atoms with Gasteiger partial charge in [-0.15, -0.1) is 0 Å². The number of rotatable bonds is 11. The van der Waals surface area contributed by atoms with Crippen LogP contribution in [0.4, 0.5) is 103 Å². The highest BCUT2D eigenvalue weighted by Gasteiger charge is 2.51. The molecule has 0 spiro atoms. The van der Waals surface area contributed by atoms with Crippen molar-refractivity contribution < 1.29 is 36.5 Å². The van der Waals surface area contributed by atoms with Gasteiger partial charge in [0, 0.05) is 92.7 Å². The molecule has 9 nitrogen and oxygen atoms in total. The zero-order valence-electron chi connectivity index (χ0n) is 56.3. The SMILES string of the molecule is Fc1cccc(F)c1N1c2cc3c(cc2B2c4ccccc4Oc4cc(N(c5ccccc5)c5ccccc5)cc1c42)B1c2cc4c(cc2Oc2cc(N(c5ccccc5)c5ccccc5)cc(c21)N3c1c(F)cccc1F)Oc1cc(N(c2ccccc2)c2ccccc2)cc2c1B4c1ccccc1O2. The van der Waals surface area contributed by atoms with E-state index in [4.69, 9.17) is 18.9 Å². The fourth-order valence-corrected chi connectivity index (χ4v) is 16.9. The molecule has 0 aliphatic carbocycles. The molecule has 0 fully saturated rings. The summed E-state index contributed by atoms with van der Waals surface area (Å²) >= 11 is 0. The fraction of sp³-hybridized carbons (Fsp3) is 0. The van der Waals surface area contributed by atoms with Crippen LogP contribution in [0.1, 0.15) is 0 Å². The van der Waals surface area contributed by atoms with Crippen LogP contribution in [-0.2, 0) is 0 Å². The van der Waals surface area contributed by atoms with Gasteiger partial charge in [-0.05, 0) is 171 Å². The maximum atomic E-state index is 18.0. The van der Waals surface area contributed by atoms with Crippen LogP contribution in [0.5, 0.6) is 46.0 Å². The maximum absolute atomic E-state index is 18.0. The molecule has 0 N–H and O–H groups in total. The van der Waals surface area contributed by atoms with E-state index in [1.165, 1.54) is 36.4 Å². The summed E-state index contributed by atoms with van der Waals surface area (Å²) in [5, 5.41) is 0. The van der Waals surface area contributed by atoms with Crippen molar-refractivity contribution in [3.8, 4) is 46.0 Å². The number of ether oxygens (including phenoxy) is 4. The molecule has 0 atom stereocenters. The van der Waals surface area contributed by atoms with E-state index in [1.807, 2.05) is 237 Å². The summed E-state index contributed by atoms with van der Waals surface area (Å²) in [4.78, 5) is 9.65. The third kappa shape index (κ3) is 9.46. The Bertz CT molecular complexity index is 5960. The normalized spacial score (nSPS) is 13.1. The van der Waals surface area contributed by atoms with Gasteiger partial charge >= 0.3 is 0 Å². The standard InChI is InChI=1S/C90H54B3F4N5O4/c94-70-39-23-40-71(95)89(70)101-74-53-75-67(51-66(74)91-64-37-19-21-43-78(64)103-82-47-61(45-76(101)86(82)91)98(55-25-7-1-8-26-55)56-27-9-2-10-28-56)93-69-52-68-80(106-85-50-63(49-84-88(85)92(68)65-38-20-22-44-79(65)104-84)100(59-33-15-5-16-34-59)60-35-17-6-18-36-60)54-81(69)105-83-48-62(99(57-29-11-3-12-30-57)58-31-13-4-14-32-58)46-77(87(83)93)102(75)90-72(96)41-24-42-73(90)97/h1-54H. The van der Waals surface area contributed by atoms with Gasteiger partial charge in [0.25, 0.3) is 20.1 Å². The number of hydrogen-bond acceptors (Lipinski definition) is 9. The van der Waals surface area contributed by atoms with E-state index in [9.17, 15) is 0 Å². The number of para-hydroxylation sites is 10. The zero-order valence-corrected chi connectivity index (χ0v) is 56.3. The highest BCUT2D eigenvalue weighted by Crippen LogP contribution is 2.53. The van der Waals surface area contributed by atoms with E-state index in [0.29, 0.717) is 102 Å². The fourth-order valence-electron chi connectivity index (χ4n) is 16.9. The first-order chi connectivity index (χ1) is 52.2. The van der Waals surface area contributed by atoms with E-state index in [0.717, 1.165) is 67.1 Å². The van der Waals surface area contributed by atoms with Gasteiger partial charge in [0.05, 0.1) is 17.1 Å². The van der Waals surface area contributed by atoms with E-state index in [-0.39, 0.29) is 11.4 Å². The second kappa shape index (κ2) is 24.0. The summed E-state index contributed by atoms with van der Waals surface area (Å²) in [5.41, 5.74) is 14.6. The number of hydrogen-bond donors (Lipinski definition) is 0. The lowest BCUT2D eigenvalue weighted by Gasteiger charge is -2.45. The molecular weight excluding hydrogens is 1320 g/mol. The lowest BCUT2D eigenvalue weighted by Crippen LogP contribution is -2.65. The van der Waals surface area contributed by atoms with Crippen LogP contribution in [0.15, 0.2) is 328 Å². The van der Waals surface area contributed by atoms with Crippen LogP contribution in [0.25, 0.3) is 0 Å². The Hall–Kier alpha value is -13.6. The number of benzene rings is 15. The van der Waals surface area contributed by atoms with Crippen LogP contribution >= 0.6 is 0 Å². The van der Waals surface area contributed by atoms with Gasteiger partial charge in [0.1, 0.15) is 80.6 Å². The Kier molecular flexibility index (Phi) is 13.8. The minimum atomic E-state index is -0.851. The Labute approximate surface area is 609 Å². The lowest BCUT2D eigenvalue weighted by atomic mass is 9.29. The van der Waals surface area contributed by atoms with Crippen molar-refractivity contribution >= 4 is 155 Å². The van der Waals surface area contributed by atoms with Crippen LogP contribution in [0.2, 0.25) is 0 Å². The van der Waals surface area contributed by atoms with E-state index in [1.54, 1.807) is 9.80 Å². The smallest absolute Gasteiger partial charge is 0.260 e. The summed E-state index contributed by atoms with van der Waals surface area (Å²) in [6.07, 6.45) is 0. The molecular formula is C90H54B3F4N5O4. The van der Waals surface area contributed by atoms with Gasteiger partial charge in [-0.2, -0.15) is 0 Å². The molecule has 15 aromatic rings. The molecule has 0 unspecified atom stereocenters. The Morgan fingerprint density at radius 2 is 0.491 bits per heavy atom. The van der Waals surface area contributed by atoms with Gasteiger partial charge in [-0.25, -0.2) is 17.6 Å². The highest BCUT2D eigenvalue weighted by atomic mass is 19.1. The quantitative estimate of drug-likeness (QED) is 0.0931. The van der Waals surface area contributed by atoms with E-state index >= 15 is 17.6 Å².